The molecule has 7 heteroatoms. The first-order valence-corrected chi connectivity index (χ1v) is 8.23. The van der Waals surface area contributed by atoms with Crippen LogP contribution in [0.15, 0.2) is 12.1 Å². The fraction of sp³-hybridized carbons (Fsp3) is 0.462. The highest BCUT2D eigenvalue weighted by atomic mass is 35.5. The van der Waals surface area contributed by atoms with E-state index in [0.717, 1.165) is 5.75 Å². The smallest absolute Gasteiger partial charge is 0.238 e. The average molecular weight is 336 g/mol. The maximum Gasteiger partial charge on any atom is 0.238 e. The van der Waals surface area contributed by atoms with Gasteiger partial charge in [0, 0.05) is 16.8 Å². The van der Waals surface area contributed by atoms with Crippen LogP contribution in [0.25, 0.3) is 0 Å². The van der Waals surface area contributed by atoms with Gasteiger partial charge in [-0.05, 0) is 32.4 Å². The lowest BCUT2D eigenvalue weighted by molar-refractivity contribution is -0.117. The molecule has 0 bridgehead atoms. The summed E-state index contributed by atoms with van der Waals surface area (Å²) in [4.78, 5) is 14.0. The van der Waals surface area contributed by atoms with Crippen LogP contribution in [-0.2, 0) is 4.79 Å². The summed E-state index contributed by atoms with van der Waals surface area (Å²) in [6.45, 7) is 2.35. The number of carbonyl (C=O) groups is 1. The molecule has 1 rings (SSSR count). The van der Waals surface area contributed by atoms with Gasteiger partial charge in [0.05, 0.1) is 22.9 Å². The Kier molecular flexibility index (Phi) is 6.95. The van der Waals surface area contributed by atoms with Crippen LogP contribution < -0.4 is 11.1 Å². The first-order chi connectivity index (χ1) is 9.35. The fourth-order valence-corrected chi connectivity index (χ4v) is 2.95. The van der Waals surface area contributed by atoms with Gasteiger partial charge in [0.1, 0.15) is 0 Å². The summed E-state index contributed by atoms with van der Waals surface area (Å²) in [5.41, 5.74) is 6.57. The number of benzene rings is 1. The van der Waals surface area contributed by atoms with E-state index < -0.39 is 0 Å². The van der Waals surface area contributed by atoms with Crippen LogP contribution in [0.2, 0.25) is 10.0 Å². The van der Waals surface area contributed by atoms with Crippen LogP contribution in [0.3, 0.4) is 0 Å². The fourth-order valence-electron chi connectivity index (χ4n) is 1.66. The number of nitrogen functional groups attached to an aromatic ring is 1. The van der Waals surface area contributed by atoms with Crippen molar-refractivity contribution in [2.45, 2.75) is 13.0 Å². The van der Waals surface area contributed by atoms with Crippen LogP contribution in [0, 0.1) is 0 Å². The molecule has 112 valence electrons. The highest BCUT2D eigenvalue weighted by molar-refractivity contribution is 7.98. The molecule has 1 aromatic rings. The molecule has 0 saturated heterocycles. The van der Waals surface area contributed by atoms with Gasteiger partial charge < -0.3 is 11.1 Å². The number of nitrogens with one attached hydrogen (secondary N) is 1. The lowest BCUT2D eigenvalue weighted by Crippen LogP contribution is -2.37. The molecule has 4 nitrogen and oxygen atoms in total. The molecule has 0 radical (unpaired) electrons. The molecule has 1 unspecified atom stereocenters. The van der Waals surface area contributed by atoms with E-state index in [4.69, 9.17) is 28.9 Å². The normalized spacial score (nSPS) is 12.5. The number of halogens is 2. The molecule has 20 heavy (non-hydrogen) atoms. The average Bonchev–Trinajstić information content (AvgIpc) is 2.34. The summed E-state index contributed by atoms with van der Waals surface area (Å²) in [6.07, 6.45) is 2.04. The molecule has 3 N–H and O–H groups in total. The Balaban J connectivity index is 2.68. The largest absolute Gasteiger partial charge is 0.397 e. The van der Waals surface area contributed by atoms with Gasteiger partial charge in [-0.15, -0.1) is 0 Å². The van der Waals surface area contributed by atoms with E-state index >= 15 is 0 Å². The molecule has 1 amide bonds. The van der Waals surface area contributed by atoms with E-state index in [0.29, 0.717) is 27.5 Å². The summed E-state index contributed by atoms with van der Waals surface area (Å²) < 4.78 is 0. The van der Waals surface area contributed by atoms with Crippen LogP contribution in [-0.4, -0.2) is 42.4 Å². The van der Waals surface area contributed by atoms with Gasteiger partial charge in [0.25, 0.3) is 0 Å². The Labute approximate surface area is 134 Å². The molecule has 0 saturated carbocycles. The summed E-state index contributed by atoms with van der Waals surface area (Å²) >= 11 is 13.6. The minimum atomic E-state index is -0.156. The van der Waals surface area contributed by atoms with Crippen LogP contribution >= 0.6 is 35.0 Å². The number of likely N-dealkylation sites (N-methyl/N-ethyl adjacent to an activating group) is 1. The molecule has 0 fully saturated rings. The van der Waals surface area contributed by atoms with Crippen molar-refractivity contribution < 1.29 is 4.79 Å². The number of nitrogens with zero attached hydrogens (tertiary/aromatic N) is 1. The summed E-state index contributed by atoms with van der Waals surface area (Å²) in [5, 5.41) is 3.51. The number of hydrogen-bond donors (Lipinski definition) is 2. The van der Waals surface area contributed by atoms with Crippen molar-refractivity contribution in [2.75, 3.05) is 36.7 Å². The molecule has 0 aliphatic rings. The van der Waals surface area contributed by atoms with Gasteiger partial charge in [-0.2, -0.15) is 11.8 Å². The highest BCUT2D eigenvalue weighted by Crippen LogP contribution is 2.31. The molecular formula is C13H19Cl2N3OS. The second kappa shape index (κ2) is 7.98. The minimum Gasteiger partial charge on any atom is -0.397 e. The van der Waals surface area contributed by atoms with Crippen LogP contribution in [0.5, 0.6) is 0 Å². The topological polar surface area (TPSA) is 58.4 Å². The lowest BCUT2D eigenvalue weighted by atomic mass is 10.2. The van der Waals surface area contributed by atoms with E-state index in [2.05, 4.69) is 12.2 Å². The first-order valence-electron chi connectivity index (χ1n) is 6.08. The van der Waals surface area contributed by atoms with Gasteiger partial charge in [0.2, 0.25) is 5.91 Å². The predicted molar refractivity (Wildman–Crippen MR) is 90.0 cm³/mol. The maximum atomic E-state index is 12.0. The molecular weight excluding hydrogens is 317 g/mol. The Bertz CT molecular complexity index is 462. The highest BCUT2D eigenvalue weighted by Gasteiger charge is 2.15. The third kappa shape index (κ3) is 5.05. The third-order valence-corrected chi connectivity index (χ3v) is 4.24. The number of thioether (sulfide) groups is 1. The molecule has 0 aromatic heterocycles. The number of hydrogen-bond acceptors (Lipinski definition) is 4. The van der Waals surface area contributed by atoms with E-state index in [1.165, 1.54) is 0 Å². The second-order valence-electron chi connectivity index (χ2n) is 4.62. The van der Waals surface area contributed by atoms with Crippen molar-refractivity contribution in [1.29, 1.82) is 0 Å². The van der Waals surface area contributed by atoms with Gasteiger partial charge in [-0.1, -0.05) is 23.2 Å². The van der Waals surface area contributed by atoms with E-state index in [1.807, 2.05) is 18.2 Å². The Morgan fingerprint density at radius 3 is 2.70 bits per heavy atom. The maximum absolute atomic E-state index is 12.0. The summed E-state index contributed by atoms with van der Waals surface area (Å²) in [7, 11) is 1.91. The van der Waals surface area contributed by atoms with Crippen molar-refractivity contribution in [3.05, 3.63) is 22.2 Å². The zero-order valence-electron chi connectivity index (χ0n) is 11.7. The van der Waals surface area contributed by atoms with E-state index in [9.17, 15) is 4.79 Å². The van der Waals surface area contributed by atoms with E-state index in [1.54, 1.807) is 23.9 Å². The SMILES string of the molecule is CSCC(C)N(C)CC(=O)Nc1c(N)cc(Cl)cc1Cl. The van der Waals surface area contributed by atoms with Gasteiger partial charge in [-0.3, -0.25) is 9.69 Å². The summed E-state index contributed by atoms with van der Waals surface area (Å²) in [5.74, 6) is 0.810. The first kappa shape index (κ1) is 17.4. The monoisotopic (exact) mass is 335 g/mol. The van der Waals surface area contributed by atoms with Crippen molar-refractivity contribution in [1.82, 2.24) is 4.90 Å². The van der Waals surface area contributed by atoms with Crippen LogP contribution in [0.1, 0.15) is 6.92 Å². The number of anilines is 2. The quantitative estimate of drug-likeness (QED) is 0.784. The van der Waals surface area contributed by atoms with Gasteiger partial charge in [0.15, 0.2) is 0 Å². The third-order valence-electron chi connectivity index (χ3n) is 2.90. The van der Waals surface area contributed by atoms with E-state index in [-0.39, 0.29) is 12.5 Å². The molecule has 0 heterocycles. The van der Waals surface area contributed by atoms with Crippen molar-refractivity contribution in [2.24, 2.45) is 0 Å². The van der Waals surface area contributed by atoms with Crippen molar-refractivity contribution in [3.63, 3.8) is 0 Å². The molecule has 0 aliphatic heterocycles. The Morgan fingerprint density at radius 1 is 1.50 bits per heavy atom. The number of amides is 1. The predicted octanol–water partition coefficient (Wildman–Crippen LogP) is 3.20. The van der Waals surface area contributed by atoms with Crippen molar-refractivity contribution in [3.8, 4) is 0 Å². The molecule has 1 aromatic carbocycles. The Hall–Kier alpha value is -0.620. The van der Waals surface area contributed by atoms with Gasteiger partial charge in [-0.25, -0.2) is 0 Å². The minimum absolute atomic E-state index is 0.156. The molecule has 1 atom stereocenters. The van der Waals surface area contributed by atoms with Crippen molar-refractivity contribution >= 4 is 52.2 Å². The van der Waals surface area contributed by atoms with Crippen LogP contribution in [0.4, 0.5) is 11.4 Å². The summed E-state index contributed by atoms with van der Waals surface area (Å²) in [6, 6.07) is 3.42. The zero-order chi connectivity index (χ0) is 15.3. The zero-order valence-corrected chi connectivity index (χ0v) is 14.1. The molecule has 0 aliphatic carbocycles. The Morgan fingerprint density at radius 2 is 2.15 bits per heavy atom. The number of nitrogens with two attached hydrogens (primary N) is 1. The lowest BCUT2D eigenvalue weighted by Gasteiger charge is -2.23. The second-order valence-corrected chi connectivity index (χ2v) is 6.37. The molecule has 0 spiro atoms. The number of rotatable bonds is 6. The standard InChI is InChI=1S/C13H19Cl2N3OS/c1-8(7-20-3)18(2)6-12(19)17-13-10(15)4-9(14)5-11(13)16/h4-5,8H,6-7,16H2,1-3H3,(H,17,19). The number of carbonyl (C=O) groups excluding carboxylic acids is 1. The van der Waals surface area contributed by atoms with Gasteiger partial charge >= 0.3 is 0 Å².